The number of ketones is 1. The number of anilines is 1. The van der Waals surface area contributed by atoms with Crippen LogP contribution < -0.4 is 11.1 Å². The zero-order valence-corrected chi connectivity index (χ0v) is 14.7. The average molecular weight is 338 g/mol. The Labute approximate surface area is 149 Å². The van der Waals surface area contributed by atoms with Gasteiger partial charge in [0.05, 0.1) is 5.92 Å². The number of rotatable bonds is 10. The van der Waals surface area contributed by atoms with Crippen LogP contribution in [0.25, 0.3) is 0 Å². The highest BCUT2D eigenvalue weighted by atomic mass is 16.1. The molecule has 2 rings (SSSR count). The zero-order valence-electron chi connectivity index (χ0n) is 14.7. The van der Waals surface area contributed by atoms with Gasteiger partial charge in [0.15, 0.2) is 5.78 Å². The molecule has 0 spiro atoms. The van der Waals surface area contributed by atoms with E-state index in [0.29, 0.717) is 12.8 Å². The van der Waals surface area contributed by atoms with Crippen molar-refractivity contribution >= 4 is 17.4 Å². The second-order valence-electron chi connectivity index (χ2n) is 6.18. The number of nitrogens with two attached hydrogens (primary N) is 1. The quantitative estimate of drug-likeness (QED) is 0.505. The summed E-state index contributed by atoms with van der Waals surface area (Å²) in [7, 11) is 1.84. The summed E-state index contributed by atoms with van der Waals surface area (Å²) in [5.41, 5.74) is 8.25. The molecule has 25 heavy (non-hydrogen) atoms. The maximum atomic E-state index is 12.1. The highest BCUT2D eigenvalue weighted by Gasteiger charge is 2.20. The van der Waals surface area contributed by atoms with E-state index < -0.39 is 0 Å². The van der Waals surface area contributed by atoms with Gasteiger partial charge in [0.2, 0.25) is 5.91 Å². The van der Waals surface area contributed by atoms with Gasteiger partial charge in [0.25, 0.3) is 0 Å². The van der Waals surface area contributed by atoms with Crippen molar-refractivity contribution in [3.63, 3.8) is 0 Å². The van der Waals surface area contributed by atoms with Gasteiger partial charge in [-0.1, -0.05) is 61.4 Å². The lowest BCUT2D eigenvalue weighted by atomic mass is 9.91. The van der Waals surface area contributed by atoms with Gasteiger partial charge in [0, 0.05) is 24.7 Å². The molecule has 4 heteroatoms. The molecular weight excluding hydrogens is 312 g/mol. The molecule has 0 heterocycles. The first-order chi connectivity index (χ1) is 12.1. The summed E-state index contributed by atoms with van der Waals surface area (Å²) in [6, 6.07) is 17.1. The summed E-state index contributed by atoms with van der Waals surface area (Å²) in [6.45, 7) is 0. The maximum absolute atomic E-state index is 12.1. The lowest BCUT2D eigenvalue weighted by molar-refractivity contribution is -0.119. The Balaban J connectivity index is 1.82. The molecule has 4 nitrogen and oxygen atoms in total. The molecule has 2 aromatic rings. The number of Topliss-reactive ketones (excluding diaryl/α,β-unsaturated/α-hetero) is 1. The molecule has 0 fully saturated rings. The molecule has 0 saturated carbocycles. The highest BCUT2D eigenvalue weighted by molar-refractivity contribution is 5.95. The molecule has 0 bridgehead atoms. The van der Waals surface area contributed by atoms with Crippen molar-refractivity contribution in [2.24, 2.45) is 5.73 Å². The maximum Gasteiger partial charge on any atom is 0.225 e. The van der Waals surface area contributed by atoms with Gasteiger partial charge in [-0.2, -0.15) is 0 Å². The SMILES string of the molecule is CNc1ccccc1C(CCCCCC(=O)c1ccccc1)C(N)=O. The number of amides is 1. The van der Waals surface area contributed by atoms with Crippen LogP contribution in [-0.2, 0) is 4.79 Å². The molecule has 2 aromatic carbocycles. The van der Waals surface area contributed by atoms with Crippen LogP contribution in [0.3, 0.4) is 0 Å². The molecule has 3 N–H and O–H groups in total. The number of unbranched alkanes of at least 4 members (excludes halogenated alkanes) is 2. The summed E-state index contributed by atoms with van der Waals surface area (Å²) < 4.78 is 0. The topological polar surface area (TPSA) is 72.2 Å². The minimum Gasteiger partial charge on any atom is -0.388 e. The zero-order chi connectivity index (χ0) is 18.1. The first-order valence-corrected chi connectivity index (χ1v) is 8.77. The number of hydrogen-bond acceptors (Lipinski definition) is 3. The summed E-state index contributed by atoms with van der Waals surface area (Å²) in [5, 5.41) is 3.11. The van der Waals surface area contributed by atoms with Crippen LogP contribution in [0.15, 0.2) is 54.6 Å². The van der Waals surface area contributed by atoms with Crippen molar-refractivity contribution in [2.45, 2.75) is 38.0 Å². The Morgan fingerprint density at radius 2 is 1.64 bits per heavy atom. The van der Waals surface area contributed by atoms with E-state index >= 15 is 0 Å². The Hall–Kier alpha value is -2.62. The van der Waals surface area contributed by atoms with Gasteiger partial charge < -0.3 is 11.1 Å². The van der Waals surface area contributed by atoms with E-state index in [2.05, 4.69) is 5.32 Å². The fourth-order valence-corrected chi connectivity index (χ4v) is 3.06. The molecule has 0 radical (unpaired) electrons. The highest BCUT2D eigenvalue weighted by Crippen LogP contribution is 2.28. The molecule has 1 unspecified atom stereocenters. The van der Waals surface area contributed by atoms with E-state index in [1.165, 1.54) is 0 Å². The van der Waals surface area contributed by atoms with Gasteiger partial charge in [0.1, 0.15) is 0 Å². The Kier molecular flexibility index (Phi) is 7.20. The lowest BCUT2D eigenvalue weighted by Gasteiger charge is -2.17. The standard InChI is InChI=1S/C21H26N2O2/c1-23-19-14-9-8-12-17(19)18(21(22)25)13-6-3-7-15-20(24)16-10-4-2-5-11-16/h2,4-5,8-12,14,18,23H,3,6-7,13,15H2,1H3,(H2,22,25). The van der Waals surface area contributed by atoms with Gasteiger partial charge >= 0.3 is 0 Å². The molecule has 0 aliphatic heterocycles. The number of benzene rings is 2. The molecule has 0 saturated heterocycles. The van der Waals surface area contributed by atoms with Crippen molar-refractivity contribution in [3.8, 4) is 0 Å². The molecule has 0 aliphatic carbocycles. The Morgan fingerprint density at radius 3 is 2.32 bits per heavy atom. The van der Waals surface area contributed by atoms with Crippen LogP contribution in [0.1, 0.15) is 53.9 Å². The number of para-hydroxylation sites is 1. The fraction of sp³-hybridized carbons (Fsp3) is 0.333. The molecule has 0 aromatic heterocycles. The van der Waals surface area contributed by atoms with E-state index in [1.54, 1.807) is 0 Å². The summed E-state index contributed by atoms with van der Waals surface area (Å²) in [6.07, 6.45) is 3.84. The van der Waals surface area contributed by atoms with Crippen molar-refractivity contribution < 1.29 is 9.59 Å². The minimum absolute atomic E-state index is 0.174. The Morgan fingerprint density at radius 1 is 0.960 bits per heavy atom. The van der Waals surface area contributed by atoms with E-state index in [9.17, 15) is 9.59 Å². The van der Waals surface area contributed by atoms with Crippen LogP contribution in [0.2, 0.25) is 0 Å². The molecular formula is C21H26N2O2. The summed E-state index contributed by atoms with van der Waals surface area (Å²) in [4.78, 5) is 23.9. The van der Waals surface area contributed by atoms with E-state index in [-0.39, 0.29) is 17.6 Å². The van der Waals surface area contributed by atoms with Gasteiger partial charge in [-0.3, -0.25) is 9.59 Å². The summed E-state index contributed by atoms with van der Waals surface area (Å²) in [5.74, 6) is -0.427. The third-order valence-electron chi connectivity index (χ3n) is 4.44. The van der Waals surface area contributed by atoms with Gasteiger partial charge in [-0.15, -0.1) is 0 Å². The fourth-order valence-electron chi connectivity index (χ4n) is 3.06. The van der Waals surface area contributed by atoms with E-state index in [0.717, 1.165) is 36.1 Å². The average Bonchev–Trinajstić information content (AvgIpc) is 2.65. The van der Waals surface area contributed by atoms with Gasteiger partial charge in [-0.05, 0) is 24.5 Å². The molecule has 132 valence electrons. The van der Waals surface area contributed by atoms with Crippen LogP contribution in [0.4, 0.5) is 5.69 Å². The monoisotopic (exact) mass is 338 g/mol. The number of carbonyl (C=O) groups excluding carboxylic acids is 2. The lowest BCUT2D eigenvalue weighted by Crippen LogP contribution is -2.22. The predicted molar refractivity (Wildman–Crippen MR) is 102 cm³/mol. The normalized spacial score (nSPS) is 11.7. The number of carbonyl (C=O) groups is 2. The van der Waals surface area contributed by atoms with Crippen LogP contribution in [0.5, 0.6) is 0 Å². The molecule has 0 aliphatic rings. The van der Waals surface area contributed by atoms with Crippen LogP contribution in [0, 0.1) is 0 Å². The van der Waals surface area contributed by atoms with E-state index in [1.807, 2.05) is 61.6 Å². The largest absolute Gasteiger partial charge is 0.388 e. The van der Waals surface area contributed by atoms with Crippen molar-refractivity contribution in [3.05, 3.63) is 65.7 Å². The Bertz CT molecular complexity index is 698. The predicted octanol–water partition coefficient (Wildman–Crippen LogP) is 4.13. The molecule has 1 amide bonds. The third-order valence-corrected chi connectivity index (χ3v) is 4.44. The number of nitrogens with one attached hydrogen (secondary N) is 1. The van der Waals surface area contributed by atoms with Crippen LogP contribution in [-0.4, -0.2) is 18.7 Å². The second-order valence-corrected chi connectivity index (χ2v) is 6.18. The number of primary amides is 1. The second kappa shape index (κ2) is 9.62. The van der Waals surface area contributed by atoms with Crippen LogP contribution >= 0.6 is 0 Å². The van der Waals surface area contributed by atoms with E-state index in [4.69, 9.17) is 5.73 Å². The van der Waals surface area contributed by atoms with Crippen molar-refractivity contribution in [1.29, 1.82) is 0 Å². The third kappa shape index (κ3) is 5.45. The number of hydrogen-bond donors (Lipinski definition) is 2. The first-order valence-electron chi connectivity index (χ1n) is 8.77. The minimum atomic E-state index is -0.303. The first kappa shape index (κ1) is 18.7. The van der Waals surface area contributed by atoms with Gasteiger partial charge in [-0.25, -0.2) is 0 Å². The molecule has 1 atom stereocenters. The smallest absolute Gasteiger partial charge is 0.225 e. The summed E-state index contributed by atoms with van der Waals surface area (Å²) >= 11 is 0. The van der Waals surface area contributed by atoms with Crippen molar-refractivity contribution in [2.75, 3.05) is 12.4 Å². The van der Waals surface area contributed by atoms with Crippen molar-refractivity contribution in [1.82, 2.24) is 0 Å².